The molecule has 0 aliphatic carbocycles. The zero-order valence-electron chi connectivity index (χ0n) is 16.9. The highest BCUT2D eigenvalue weighted by atomic mass is 19.4. The number of benzene rings is 2. The number of carbonyl (C=O) groups excluding carboxylic acids is 2. The van der Waals surface area contributed by atoms with Gasteiger partial charge in [-0.05, 0) is 37.1 Å². The average Bonchev–Trinajstić information content (AvgIpc) is 3.11. The molecular formula is C22H20F4N4O2. The van der Waals surface area contributed by atoms with Crippen LogP contribution in [-0.2, 0) is 11.0 Å². The number of fused-ring (bicyclic) bond motifs is 3. The molecule has 1 aliphatic rings. The summed E-state index contributed by atoms with van der Waals surface area (Å²) in [6.07, 6.45) is -2.07. The highest BCUT2D eigenvalue weighted by molar-refractivity contribution is 6.19. The molecule has 1 aromatic heterocycles. The van der Waals surface area contributed by atoms with E-state index in [4.69, 9.17) is 5.73 Å². The largest absolute Gasteiger partial charge is 0.416 e. The smallest absolute Gasteiger partial charge is 0.367 e. The molecule has 4 N–H and O–H groups in total. The molecule has 3 aromatic rings. The maximum Gasteiger partial charge on any atom is 0.416 e. The number of halogens is 4. The Labute approximate surface area is 180 Å². The minimum absolute atomic E-state index is 0.109. The first-order valence-corrected chi connectivity index (χ1v) is 9.93. The lowest BCUT2D eigenvalue weighted by molar-refractivity contribution is -0.137. The number of nitrogens with zero attached hydrogens (tertiary/aromatic N) is 1. The fourth-order valence-electron chi connectivity index (χ4n) is 4.27. The molecule has 2 amide bonds. The summed E-state index contributed by atoms with van der Waals surface area (Å²) < 4.78 is 54.9. The summed E-state index contributed by atoms with van der Waals surface area (Å²) in [6, 6.07) is 3.82. The minimum Gasteiger partial charge on any atom is -0.367 e. The number of rotatable bonds is 4. The number of alkyl halides is 3. The number of nitrogens with two attached hydrogens (primary N) is 1. The van der Waals surface area contributed by atoms with Gasteiger partial charge >= 0.3 is 6.18 Å². The van der Waals surface area contributed by atoms with Crippen LogP contribution in [0.2, 0.25) is 0 Å². The maximum atomic E-state index is 15.3. The standard InChI is InChI=1S/C22H20F4N4O2/c1-2-17(31)28-12-4-3-7-30(10-12)20-15(23)9-14(21(27)32)19-18(20)13-6-5-11(22(24,25)26)8-16(13)29-19/h2,5-6,8-9,12,29H,1,3-4,7,10H2,(H2,27,32)(H,28,31). The number of aromatic amines is 1. The second kappa shape index (κ2) is 7.85. The molecule has 4 rings (SSSR count). The number of H-pyrrole nitrogens is 1. The summed E-state index contributed by atoms with van der Waals surface area (Å²) in [4.78, 5) is 28.2. The van der Waals surface area contributed by atoms with Crippen molar-refractivity contribution in [3.8, 4) is 0 Å². The van der Waals surface area contributed by atoms with Gasteiger partial charge in [-0.25, -0.2) is 4.39 Å². The van der Waals surface area contributed by atoms with Gasteiger partial charge in [0.1, 0.15) is 5.82 Å². The van der Waals surface area contributed by atoms with Crippen LogP contribution in [0.25, 0.3) is 21.8 Å². The van der Waals surface area contributed by atoms with E-state index >= 15 is 4.39 Å². The molecule has 0 saturated carbocycles. The SMILES string of the molecule is C=CC(=O)NC1CCCN(c2c(F)cc(C(N)=O)c3[nH]c4cc(C(F)(F)F)ccc4c23)C1. The van der Waals surface area contributed by atoms with E-state index in [2.05, 4.69) is 16.9 Å². The molecule has 6 nitrogen and oxygen atoms in total. The van der Waals surface area contributed by atoms with Crippen molar-refractivity contribution < 1.29 is 27.2 Å². The van der Waals surface area contributed by atoms with Gasteiger partial charge in [0, 0.05) is 35.4 Å². The summed E-state index contributed by atoms with van der Waals surface area (Å²) in [5.74, 6) is -1.97. The Kier molecular flexibility index (Phi) is 5.31. The van der Waals surface area contributed by atoms with E-state index in [9.17, 15) is 22.8 Å². The predicted molar refractivity (Wildman–Crippen MR) is 113 cm³/mol. The Hall–Kier alpha value is -3.56. The van der Waals surface area contributed by atoms with Gasteiger partial charge in [0.15, 0.2) is 0 Å². The van der Waals surface area contributed by atoms with Gasteiger partial charge in [-0.1, -0.05) is 12.6 Å². The van der Waals surface area contributed by atoms with Crippen molar-refractivity contribution >= 4 is 39.3 Å². The molecule has 2 aromatic carbocycles. The number of aromatic nitrogens is 1. The Morgan fingerprint density at radius 1 is 1.28 bits per heavy atom. The first kappa shape index (κ1) is 21.7. The van der Waals surface area contributed by atoms with E-state index in [1.54, 1.807) is 4.90 Å². The van der Waals surface area contributed by atoms with Gasteiger partial charge in [-0.15, -0.1) is 0 Å². The normalized spacial score (nSPS) is 17.0. The third-order valence-corrected chi connectivity index (χ3v) is 5.66. The van der Waals surface area contributed by atoms with E-state index in [1.165, 1.54) is 6.07 Å². The molecule has 32 heavy (non-hydrogen) atoms. The fraction of sp³-hybridized carbons (Fsp3) is 0.273. The number of carbonyl (C=O) groups is 2. The molecule has 1 saturated heterocycles. The van der Waals surface area contributed by atoms with Crippen LogP contribution in [0.3, 0.4) is 0 Å². The Morgan fingerprint density at radius 2 is 2.03 bits per heavy atom. The zero-order valence-corrected chi connectivity index (χ0v) is 16.9. The summed E-state index contributed by atoms with van der Waals surface area (Å²) in [5, 5.41) is 3.40. The first-order valence-electron chi connectivity index (χ1n) is 9.93. The van der Waals surface area contributed by atoms with Crippen molar-refractivity contribution in [3.63, 3.8) is 0 Å². The van der Waals surface area contributed by atoms with E-state index in [1.807, 2.05) is 0 Å². The molecule has 10 heteroatoms. The average molecular weight is 448 g/mol. The van der Waals surface area contributed by atoms with Crippen LogP contribution >= 0.6 is 0 Å². The van der Waals surface area contributed by atoms with Gasteiger partial charge < -0.3 is 20.9 Å². The van der Waals surface area contributed by atoms with Crippen LogP contribution in [-0.4, -0.2) is 35.9 Å². The molecule has 0 radical (unpaired) electrons. The predicted octanol–water partition coefficient (Wildman–Crippen LogP) is 3.85. The highest BCUT2D eigenvalue weighted by Crippen LogP contribution is 2.40. The van der Waals surface area contributed by atoms with Crippen LogP contribution < -0.4 is 16.0 Å². The first-order chi connectivity index (χ1) is 15.1. The molecule has 2 heterocycles. The fourth-order valence-corrected chi connectivity index (χ4v) is 4.27. The van der Waals surface area contributed by atoms with Crippen molar-refractivity contribution in [1.29, 1.82) is 0 Å². The van der Waals surface area contributed by atoms with E-state index in [0.717, 1.165) is 24.3 Å². The van der Waals surface area contributed by atoms with Crippen LogP contribution in [0.4, 0.5) is 23.2 Å². The second-order valence-corrected chi connectivity index (χ2v) is 7.75. The molecule has 168 valence electrons. The lowest BCUT2D eigenvalue weighted by Gasteiger charge is -2.35. The molecule has 1 fully saturated rings. The van der Waals surface area contributed by atoms with Crippen molar-refractivity contribution in [1.82, 2.24) is 10.3 Å². The maximum absolute atomic E-state index is 15.3. The van der Waals surface area contributed by atoms with E-state index in [0.29, 0.717) is 24.8 Å². The number of hydrogen-bond donors (Lipinski definition) is 3. The van der Waals surface area contributed by atoms with Crippen molar-refractivity contribution in [2.45, 2.75) is 25.1 Å². The number of hydrogen-bond acceptors (Lipinski definition) is 3. The molecule has 1 atom stereocenters. The van der Waals surface area contributed by atoms with Gasteiger partial charge in [-0.2, -0.15) is 13.2 Å². The van der Waals surface area contributed by atoms with E-state index < -0.39 is 23.5 Å². The van der Waals surface area contributed by atoms with Crippen LogP contribution in [0.5, 0.6) is 0 Å². The summed E-state index contributed by atoms with van der Waals surface area (Å²) >= 11 is 0. The molecule has 0 bridgehead atoms. The number of amides is 2. The number of anilines is 1. The van der Waals surface area contributed by atoms with Crippen molar-refractivity contribution in [2.75, 3.05) is 18.0 Å². The van der Waals surface area contributed by atoms with Gasteiger partial charge in [0.2, 0.25) is 5.91 Å². The summed E-state index contributed by atoms with van der Waals surface area (Å²) in [6.45, 7) is 4.18. The topological polar surface area (TPSA) is 91.2 Å². The minimum atomic E-state index is -4.56. The molecule has 1 unspecified atom stereocenters. The van der Waals surface area contributed by atoms with Crippen LogP contribution in [0, 0.1) is 5.82 Å². The summed E-state index contributed by atoms with van der Waals surface area (Å²) in [5.41, 5.74) is 4.81. The lowest BCUT2D eigenvalue weighted by Crippen LogP contribution is -2.47. The Morgan fingerprint density at radius 3 is 2.69 bits per heavy atom. The van der Waals surface area contributed by atoms with Crippen LogP contribution in [0.1, 0.15) is 28.8 Å². The van der Waals surface area contributed by atoms with Gasteiger partial charge in [0.05, 0.1) is 22.3 Å². The summed E-state index contributed by atoms with van der Waals surface area (Å²) in [7, 11) is 0. The molecule has 0 spiro atoms. The van der Waals surface area contributed by atoms with Crippen molar-refractivity contribution in [3.05, 3.63) is 53.9 Å². The van der Waals surface area contributed by atoms with Gasteiger partial charge in [-0.3, -0.25) is 9.59 Å². The Balaban J connectivity index is 1.91. The third-order valence-electron chi connectivity index (χ3n) is 5.66. The molecule has 1 aliphatic heterocycles. The quantitative estimate of drug-likeness (QED) is 0.418. The molecular weight excluding hydrogens is 428 g/mol. The zero-order chi connectivity index (χ0) is 23.2. The number of piperidine rings is 1. The second-order valence-electron chi connectivity index (χ2n) is 7.75. The van der Waals surface area contributed by atoms with Gasteiger partial charge in [0.25, 0.3) is 5.91 Å². The lowest BCUT2D eigenvalue weighted by atomic mass is 10.00. The van der Waals surface area contributed by atoms with Crippen molar-refractivity contribution in [2.24, 2.45) is 5.73 Å². The number of primary amides is 1. The monoisotopic (exact) mass is 448 g/mol. The number of nitrogens with one attached hydrogen (secondary N) is 2. The van der Waals surface area contributed by atoms with E-state index in [-0.39, 0.29) is 46.2 Å². The Bertz CT molecular complexity index is 1250. The third kappa shape index (κ3) is 3.76. The highest BCUT2D eigenvalue weighted by Gasteiger charge is 2.32. The van der Waals surface area contributed by atoms with Crippen LogP contribution in [0.15, 0.2) is 36.9 Å².